The number of amides is 2. The molecule has 0 aliphatic heterocycles. The Bertz CT molecular complexity index is 1010. The molecule has 3 aromatic rings. The Kier molecular flexibility index (Phi) is 5.65. The number of aromatic nitrogens is 1. The summed E-state index contributed by atoms with van der Waals surface area (Å²) in [6.07, 6.45) is -1.22. The van der Waals surface area contributed by atoms with Crippen molar-refractivity contribution >= 4 is 29.3 Å². The summed E-state index contributed by atoms with van der Waals surface area (Å²) in [6.45, 7) is 3.42. The Morgan fingerprint density at radius 2 is 1.86 bits per heavy atom. The van der Waals surface area contributed by atoms with Crippen LogP contribution in [-0.2, 0) is 4.74 Å². The third-order valence-corrected chi connectivity index (χ3v) is 4.49. The normalized spacial score (nSPS) is 11.7. The van der Waals surface area contributed by atoms with Gasteiger partial charge in [-0.05, 0) is 32.0 Å². The number of benzene rings is 2. The van der Waals surface area contributed by atoms with Crippen LogP contribution >= 0.6 is 11.6 Å². The first kappa shape index (κ1) is 19.4. The number of ether oxygens (including phenoxy) is 1. The van der Waals surface area contributed by atoms with E-state index in [4.69, 9.17) is 26.6 Å². The van der Waals surface area contributed by atoms with Gasteiger partial charge in [-0.25, -0.2) is 4.79 Å². The summed E-state index contributed by atoms with van der Waals surface area (Å²) in [6, 6.07) is 13.6. The summed E-state index contributed by atoms with van der Waals surface area (Å²) in [5.74, 6) is -0.188. The molecule has 3 rings (SSSR count). The number of aryl methyl sites for hydroxylation is 1. The van der Waals surface area contributed by atoms with Crippen LogP contribution in [0.1, 0.15) is 34.6 Å². The molecule has 144 valence electrons. The zero-order valence-corrected chi connectivity index (χ0v) is 16.0. The van der Waals surface area contributed by atoms with Crippen LogP contribution in [0.4, 0.5) is 10.5 Å². The lowest BCUT2D eigenvalue weighted by molar-refractivity contribution is 0.1000. The van der Waals surface area contributed by atoms with Crippen molar-refractivity contribution in [2.45, 2.75) is 20.0 Å². The fourth-order valence-electron chi connectivity index (χ4n) is 2.66. The molecule has 2 aromatic carbocycles. The van der Waals surface area contributed by atoms with Gasteiger partial charge in [-0.1, -0.05) is 47.1 Å². The van der Waals surface area contributed by atoms with Gasteiger partial charge in [0.15, 0.2) is 5.76 Å². The molecule has 0 unspecified atom stereocenters. The molecule has 1 aromatic heterocycles. The van der Waals surface area contributed by atoms with Crippen LogP contribution in [0.2, 0.25) is 5.02 Å². The maximum Gasteiger partial charge on any atom is 0.412 e. The maximum atomic E-state index is 12.4. The molecule has 0 bridgehead atoms. The highest BCUT2D eigenvalue weighted by Crippen LogP contribution is 2.32. The zero-order chi connectivity index (χ0) is 20.3. The van der Waals surface area contributed by atoms with E-state index < -0.39 is 18.1 Å². The molecule has 3 N–H and O–H groups in total. The van der Waals surface area contributed by atoms with Gasteiger partial charge in [0, 0.05) is 21.7 Å². The number of hydrogen-bond acceptors (Lipinski definition) is 5. The van der Waals surface area contributed by atoms with Gasteiger partial charge in [0.1, 0.15) is 17.5 Å². The summed E-state index contributed by atoms with van der Waals surface area (Å²) < 4.78 is 10.8. The van der Waals surface area contributed by atoms with Gasteiger partial charge >= 0.3 is 6.09 Å². The molecule has 0 saturated heterocycles. The number of nitrogens with two attached hydrogens (primary N) is 1. The molecule has 0 radical (unpaired) electrons. The van der Waals surface area contributed by atoms with Gasteiger partial charge in [0.25, 0.3) is 0 Å². The lowest BCUT2D eigenvalue weighted by Gasteiger charge is -2.15. The van der Waals surface area contributed by atoms with E-state index in [-0.39, 0.29) is 0 Å². The molecule has 0 spiro atoms. The quantitative estimate of drug-likeness (QED) is 0.645. The van der Waals surface area contributed by atoms with Crippen molar-refractivity contribution in [3.05, 3.63) is 70.4 Å². The Balaban J connectivity index is 1.77. The first-order chi connectivity index (χ1) is 13.4. The molecule has 0 aliphatic rings. The van der Waals surface area contributed by atoms with E-state index >= 15 is 0 Å². The van der Waals surface area contributed by atoms with Crippen LogP contribution < -0.4 is 11.1 Å². The monoisotopic (exact) mass is 399 g/mol. The lowest BCUT2D eigenvalue weighted by atomic mass is 10.1. The highest BCUT2D eigenvalue weighted by molar-refractivity contribution is 6.31. The highest BCUT2D eigenvalue weighted by atomic mass is 35.5. The smallest absolute Gasteiger partial charge is 0.412 e. The number of halogens is 1. The van der Waals surface area contributed by atoms with Crippen LogP contribution in [0.5, 0.6) is 0 Å². The van der Waals surface area contributed by atoms with Crippen molar-refractivity contribution in [1.82, 2.24) is 5.16 Å². The van der Waals surface area contributed by atoms with Crippen molar-refractivity contribution < 1.29 is 18.8 Å². The van der Waals surface area contributed by atoms with Gasteiger partial charge in [0.2, 0.25) is 5.91 Å². The summed E-state index contributed by atoms with van der Waals surface area (Å²) in [7, 11) is 0. The first-order valence-corrected chi connectivity index (χ1v) is 8.83. The summed E-state index contributed by atoms with van der Waals surface area (Å²) in [5.41, 5.74) is 7.80. The number of rotatable bonds is 5. The Morgan fingerprint density at radius 1 is 1.18 bits per heavy atom. The molecule has 7 nitrogen and oxygen atoms in total. The standard InChI is InChI=1S/C20H18ClN3O4/c1-11-17(18(28-24-11)13-7-9-14(10-8-13)19(22)25)23-20(26)27-12(2)15-5-3-4-6-16(15)21/h3-10,12H,1-2H3,(H2,22,25)(H,23,26)/t12-/m1/s1. The molecule has 0 saturated carbocycles. The average Bonchev–Trinajstić information content (AvgIpc) is 3.02. The van der Waals surface area contributed by atoms with Gasteiger partial charge in [-0.3, -0.25) is 10.1 Å². The first-order valence-electron chi connectivity index (χ1n) is 8.45. The van der Waals surface area contributed by atoms with Gasteiger partial charge in [-0.2, -0.15) is 0 Å². The molecule has 8 heteroatoms. The predicted molar refractivity (Wildman–Crippen MR) is 105 cm³/mol. The number of nitrogens with zero attached hydrogens (tertiary/aromatic N) is 1. The van der Waals surface area contributed by atoms with E-state index in [0.29, 0.717) is 38.9 Å². The molecular formula is C20H18ClN3O4. The van der Waals surface area contributed by atoms with Gasteiger partial charge < -0.3 is 15.0 Å². The van der Waals surface area contributed by atoms with Crippen molar-refractivity contribution in [2.75, 3.05) is 5.32 Å². The number of anilines is 1. The molecule has 0 aliphatic carbocycles. The number of primary amides is 1. The largest absolute Gasteiger partial charge is 0.441 e. The van der Waals surface area contributed by atoms with E-state index in [1.807, 2.05) is 6.07 Å². The Labute approximate surface area is 166 Å². The topological polar surface area (TPSA) is 107 Å². The molecule has 28 heavy (non-hydrogen) atoms. The van der Waals surface area contributed by atoms with Crippen LogP contribution in [0.15, 0.2) is 53.1 Å². The second-order valence-electron chi connectivity index (χ2n) is 6.11. The fourth-order valence-corrected chi connectivity index (χ4v) is 2.95. The summed E-state index contributed by atoms with van der Waals surface area (Å²) >= 11 is 6.14. The molecule has 2 amide bonds. The maximum absolute atomic E-state index is 12.4. The number of hydrogen-bond donors (Lipinski definition) is 2. The average molecular weight is 400 g/mol. The second kappa shape index (κ2) is 8.14. The van der Waals surface area contributed by atoms with Crippen LogP contribution in [0.3, 0.4) is 0 Å². The van der Waals surface area contributed by atoms with E-state index in [1.54, 1.807) is 56.3 Å². The van der Waals surface area contributed by atoms with Crippen molar-refractivity contribution in [1.29, 1.82) is 0 Å². The minimum absolute atomic E-state index is 0.343. The van der Waals surface area contributed by atoms with Crippen LogP contribution in [0.25, 0.3) is 11.3 Å². The predicted octanol–water partition coefficient (Wildman–Crippen LogP) is 4.71. The third-order valence-electron chi connectivity index (χ3n) is 4.15. The SMILES string of the molecule is Cc1noc(-c2ccc(C(N)=O)cc2)c1NC(=O)O[C@H](C)c1ccccc1Cl. The van der Waals surface area contributed by atoms with Gasteiger partial charge in [-0.15, -0.1) is 0 Å². The van der Waals surface area contributed by atoms with E-state index in [9.17, 15) is 9.59 Å². The summed E-state index contributed by atoms with van der Waals surface area (Å²) in [4.78, 5) is 23.6. The van der Waals surface area contributed by atoms with E-state index in [0.717, 1.165) is 0 Å². The third kappa shape index (κ3) is 4.15. The van der Waals surface area contributed by atoms with E-state index in [2.05, 4.69) is 10.5 Å². The van der Waals surface area contributed by atoms with Crippen LogP contribution in [0, 0.1) is 6.92 Å². The molecule has 1 atom stereocenters. The van der Waals surface area contributed by atoms with E-state index in [1.165, 1.54) is 0 Å². The minimum Gasteiger partial charge on any atom is -0.441 e. The summed E-state index contributed by atoms with van der Waals surface area (Å²) in [5, 5.41) is 7.07. The molecule has 1 heterocycles. The van der Waals surface area contributed by atoms with Crippen molar-refractivity contribution in [2.24, 2.45) is 5.73 Å². The highest BCUT2D eigenvalue weighted by Gasteiger charge is 2.20. The lowest BCUT2D eigenvalue weighted by Crippen LogP contribution is -2.17. The fraction of sp³-hybridized carbons (Fsp3) is 0.150. The minimum atomic E-state index is -0.672. The number of carbonyl (C=O) groups is 2. The van der Waals surface area contributed by atoms with Crippen molar-refractivity contribution in [3.63, 3.8) is 0 Å². The number of nitrogens with one attached hydrogen (secondary N) is 1. The zero-order valence-electron chi connectivity index (χ0n) is 15.2. The Hall–Kier alpha value is -3.32. The number of carbonyl (C=O) groups excluding carboxylic acids is 2. The van der Waals surface area contributed by atoms with Crippen LogP contribution in [-0.4, -0.2) is 17.2 Å². The Morgan fingerprint density at radius 3 is 2.50 bits per heavy atom. The second-order valence-corrected chi connectivity index (χ2v) is 6.51. The molecular weight excluding hydrogens is 382 g/mol. The van der Waals surface area contributed by atoms with Crippen molar-refractivity contribution in [3.8, 4) is 11.3 Å². The molecule has 0 fully saturated rings. The van der Waals surface area contributed by atoms with Gasteiger partial charge in [0.05, 0.1) is 0 Å².